The number of aromatic nitrogens is 3. The highest BCUT2D eigenvalue weighted by atomic mass is 32.1. The molecule has 24 heavy (non-hydrogen) atoms. The van der Waals surface area contributed by atoms with Gasteiger partial charge in [0.25, 0.3) is 0 Å². The zero-order valence-electron chi connectivity index (χ0n) is 14.1. The molecule has 2 unspecified atom stereocenters. The van der Waals surface area contributed by atoms with E-state index in [0.717, 1.165) is 37.7 Å². The van der Waals surface area contributed by atoms with E-state index in [4.69, 9.17) is 0 Å². The molecule has 0 radical (unpaired) electrons. The molecule has 4 rings (SSSR count). The van der Waals surface area contributed by atoms with Gasteiger partial charge in [0.15, 0.2) is 11.6 Å². The highest BCUT2D eigenvalue weighted by Gasteiger charge is 2.41. The number of anilines is 1. The quantitative estimate of drug-likeness (QED) is 0.850. The van der Waals surface area contributed by atoms with Crippen LogP contribution in [0.2, 0.25) is 0 Å². The molecule has 7 heteroatoms. The number of nitrogens with zero attached hydrogens (tertiary/aromatic N) is 5. The monoisotopic (exact) mass is 347 g/mol. The summed E-state index contributed by atoms with van der Waals surface area (Å²) in [7, 11) is 0. The average molecular weight is 347 g/mol. The first kappa shape index (κ1) is 15.9. The van der Waals surface area contributed by atoms with E-state index in [1.807, 2.05) is 13.8 Å². The van der Waals surface area contributed by atoms with Crippen LogP contribution in [0.15, 0.2) is 11.7 Å². The molecule has 2 aromatic heterocycles. The summed E-state index contributed by atoms with van der Waals surface area (Å²) in [5.74, 6) is 1.42. The van der Waals surface area contributed by atoms with Crippen LogP contribution < -0.4 is 4.90 Å². The van der Waals surface area contributed by atoms with Gasteiger partial charge in [-0.2, -0.15) is 0 Å². The highest BCUT2D eigenvalue weighted by molar-refractivity contribution is 7.09. The fraction of sp³-hybridized carbons (Fsp3) is 0.588. The highest BCUT2D eigenvalue weighted by Crippen LogP contribution is 2.35. The zero-order chi connectivity index (χ0) is 16.7. The lowest BCUT2D eigenvalue weighted by Crippen LogP contribution is -2.30. The Kier molecular flexibility index (Phi) is 4.22. The third-order valence-corrected chi connectivity index (χ3v) is 5.91. The van der Waals surface area contributed by atoms with Crippen molar-refractivity contribution in [1.29, 1.82) is 0 Å². The van der Waals surface area contributed by atoms with Gasteiger partial charge in [-0.3, -0.25) is 4.90 Å². The third-order valence-electron chi connectivity index (χ3n) is 5.09. The van der Waals surface area contributed by atoms with Crippen LogP contribution in [0.5, 0.6) is 0 Å². The number of likely N-dealkylation sites (tertiary alicyclic amines) is 1. The molecule has 4 heterocycles. The van der Waals surface area contributed by atoms with Gasteiger partial charge < -0.3 is 4.90 Å². The standard InChI is InChI=1S/C17H22FN5S/c1-3-15-16(18)17(20-10-19-15)23-6-12-4-22(5-13(12)7-23)8-14-9-24-11(2)21-14/h9-10,12-13H,3-8H2,1-2H3. The van der Waals surface area contributed by atoms with Crippen LogP contribution in [-0.4, -0.2) is 46.0 Å². The summed E-state index contributed by atoms with van der Waals surface area (Å²) in [6.45, 7) is 8.79. The van der Waals surface area contributed by atoms with Crippen LogP contribution in [0.4, 0.5) is 10.2 Å². The molecule has 0 saturated carbocycles. The molecule has 2 atom stereocenters. The van der Waals surface area contributed by atoms with Gasteiger partial charge in [-0.05, 0) is 25.2 Å². The van der Waals surface area contributed by atoms with Crippen LogP contribution in [0.25, 0.3) is 0 Å². The van der Waals surface area contributed by atoms with Crippen molar-refractivity contribution in [2.45, 2.75) is 26.8 Å². The summed E-state index contributed by atoms with van der Waals surface area (Å²) in [5, 5.41) is 3.28. The summed E-state index contributed by atoms with van der Waals surface area (Å²) in [6, 6.07) is 0. The van der Waals surface area contributed by atoms with E-state index in [1.54, 1.807) is 11.3 Å². The first-order valence-corrected chi connectivity index (χ1v) is 9.39. The van der Waals surface area contributed by atoms with E-state index in [9.17, 15) is 4.39 Å². The minimum Gasteiger partial charge on any atom is -0.353 e. The molecule has 0 amide bonds. The Balaban J connectivity index is 1.41. The molecule has 2 aliphatic heterocycles. The normalized spacial score (nSPS) is 23.9. The molecule has 2 saturated heterocycles. The Labute approximate surface area is 145 Å². The third kappa shape index (κ3) is 2.91. The van der Waals surface area contributed by atoms with Crippen LogP contribution in [0.3, 0.4) is 0 Å². The van der Waals surface area contributed by atoms with E-state index in [2.05, 4.69) is 30.1 Å². The summed E-state index contributed by atoms with van der Waals surface area (Å²) in [6.07, 6.45) is 2.09. The Morgan fingerprint density at radius 2 is 1.96 bits per heavy atom. The Bertz CT molecular complexity index is 720. The number of hydrogen-bond donors (Lipinski definition) is 0. The molecule has 0 aromatic carbocycles. The Hall–Kier alpha value is -1.60. The van der Waals surface area contributed by atoms with Crippen LogP contribution >= 0.6 is 11.3 Å². The van der Waals surface area contributed by atoms with E-state index in [0.29, 0.717) is 29.8 Å². The molecule has 0 N–H and O–H groups in total. The van der Waals surface area contributed by atoms with Crippen molar-refractivity contribution in [3.05, 3.63) is 33.9 Å². The van der Waals surface area contributed by atoms with Crippen molar-refractivity contribution in [2.75, 3.05) is 31.1 Å². The lowest BCUT2D eigenvalue weighted by atomic mass is 10.0. The smallest absolute Gasteiger partial charge is 0.187 e. The van der Waals surface area contributed by atoms with Crippen LogP contribution in [-0.2, 0) is 13.0 Å². The van der Waals surface area contributed by atoms with E-state index < -0.39 is 0 Å². The van der Waals surface area contributed by atoms with Gasteiger partial charge in [0, 0.05) is 38.1 Å². The van der Waals surface area contributed by atoms with Gasteiger partial charge in [-0.1, -0.05) is 6.92 Å². The fourth-order valence-electron chi connectivity index (χ4n) is 3.96. The average Bonchev–Trinajstić information content (AvgIpc) is 3.23. The Morgan fingerprint density at radius 1 is 1.21 bits per heavy atom. The molecule has 2 fully saturated rings. The molecular weight excluding hydrogens is 325 g/mol. The van der Waals surface area contributed by atoms with E-state index in [-0.39, 0.29) is 5.82 Å². The van der Waals surface area contributed by atoms with Gasteiger partial charge in [0.1, 0.15) is 6.33 Å². The van der Waals surface area contributed by atoms with Crippen molar-refractivity contribution in [3.63, 3.8) is 0 Å². The SMILES string of the molecule is CCc1ncnc(N2CC3CN(Cc4csc(C)n4)CC3C2)c1F. The Morgan fingerprint density at radius 3 is 2.58 bits per heavy atom. The molecule has 0 aliphatic carbocycles. The predicted octanol–water partition coefficient (Wildman–Crippen LogP) is 2.51. The van der Waals surface area contributed by atoms with Crippen molar-refractivity contribution in [3.8, 4) is 0 Å². The number of hydrogen-bond acceptors (Lipinski definition) is 6. The summed E-state index contributed by atoms with van der Waals surface area (Å²) >= 11 is 1.71. The van der Waals surface area contributed by atoms with Crippen molar-refractivity contribution in [2.24, 2.45) is 11.8 Å². The number of halogens is 1. The molecule has 128 valence electrons. The maximum Gasteiger partial charge on any atom is 0.187 e. The van der Waals surface area contributed by atoms with Gasteiger partial charge in [-0.25, -0.2) is 19.3 Å². The molecule has 2 aliphatic rings. The second-order valence-electron chi connectivity index (χ2n) is 6.79. The maximum absolute atomic E-state index is 14.5. The number of thiazole rings is 1. The van der Waals surface area contributed by atoms with Crippen molar-refractivity contribution in [1.82, 2.24) is 19.9 Å². The number of fused-ring (bicyclic) bond motifs is 1. The largest absolute Gasteiger partial charge is 0.353 e. The van der Waals surface area contributed by atoms with E-state index >= 15 is 0 Å². The minimum atomic E-state index is -0.241. The second-order valence-corrected chi connectivity index (χ2v) is 7.85. The van der Waals surface area contributed by atoms with Gasteiger partial charge >= 0.3 is 0 Å². The molecule has 0 spiro atoms. The zero-order valence-corrected chi connectivity index (χ0v) is 14.9. The lowest BCUT2D eigenvalue weighted by molar-refractivity contribution is 0.305. The minimum absolute atomic E-state index is 0.241. The molecule has 0 bridgehead atoms. The first-order chi connectivity index (χ1) is 11.6. The number of aryl methyl sites for hydroxylation is 2. The lowest BCUT2D eigenvalue weighted by Gasteiger charge is -2.22. The second kappa shape index (κ2) is 6.37. The molecule has 5 nitrogen and oxygen atoms in total. The van der Waals surface area contributed by atoms with E-state index in [1.165, 1.54) is 12.0 Å². The fourth-order valence-corrected chi connectivity index (χ4v) is 4.57. The van der Waals surface area contributed by atoms with Crippen LogP contribution in [0, 0.1) is 24.6 Å². The number of rotatable bonds is 4. The molecular formula is C17H22FN5S. The maximum atomic E-state index is 14.5. The van der Waals surface area contributed by atoms with Crippen molar-refractivity contribution < 1.29 is 4.39 Å². The summed E-state index contributed by atoms with van der Waals surface area (Å²) in [4.78, 5) is 17.4. The summed E-state index contributed by atoms with van der Waals surface area (Å²) < 4.78 is 14.5. The van der Waals surface area contributed by atoms with Crippen molar-refractivity contribution >= 4 is 17.2 Å². The van der Waals surface area contributed by atoms with Gasteiger partial charge in [0.05, 0.1) is 16.4 Å². The van der Waals surface area contributed by atoms with Gasteiger partial charge in [0.2, 0.25) is 0 Å². The van der Waals surface area contributed by atoms with Gasteiger partial charge in [-0.15, -0.1) is 11.3 Å². The summed E-state index contributed by atoms with van der Waals surface area (Å²) in [5.41, 5.74) is 1.68. The van der Waals surface area contributed by atoms with Crippen LogP contribution in [0.1, 0.15) is 23.3 Å². The predicted molar refractivity (Wildman–Crippen MR) is 92.7 cm³/mol. The molecule has 2 aromatic rings. The topological polar surface area (TPSA) is 45.2 Å². The first-order valence-electron chi connectivity index (χ1n) is 8.51.